The van der Waals surface area contributed by atoms with Gasteiger partial charge in [-0.15, -0.1) is 0 Å². The molecule has 12 heteroatoms. The molecule has 3 aliphatic rings. The van der Waals surface area contributed by atoms with Gasteiger partial charge in [-0.05, 0) is 49.6 Å². The average molecular weight is 515 g/mol. The quantitative estimate of drug-likeness (QED) is 0.328. The van der Waals surface area contributed by atoms with Gasteiger partial charge in [-0.1, -0.05) is 33.6 Å². The lowest BCUT2D eigenvalue weighted by atomic mass is 9.76. The maximum atomic E-state index is 13.3. The van der Waals surface area contributed by atoms with Crippen LogP contribution in [-0.2, 0) is 14.4 Å². The molecule has 0 radical (unpaired) electrons. The standard InChI is InChI=1S/C24H37F3N6O3/c1-23(2,3)19(33-22(36)24(25,26)27)21(35)31-16(9-13-6-7-13)20(34)32-17(10-28)15-12-29-11-14-5-4-8-30-18(14)15/h13-19,29-30H,4-9,11-12H2,1-3H3,(H,31,35)(H,32,34)(H,33,36). The highest BCUT2D eigenvalue weighted by Crippen LogP contribution is 2.34. The summed E-state index contributed by atoms with van der Waals surface area (Å²) in [6, 6.07) is -1.06. The summed E-state index contributed by atoms with van der Waals surface area (Å²) in [7, 11) is 0. The van der Waals surface area contributed by atoms with E-state index >= 15 is 0 Å². The highest BCUT2D eigenvalue weighted by atomic mass is 19.4. The number of carbonyl (C=O) groups is 3. The van der Waals surface area contributed by atoms with Gasteiger partial charge in [0.1, 0.15) is 18.1 Å². The molecular formula is C24H37F3N6O3. The Morgan fingerprint density at radius 3 is 2.31 bits per heavy atom. The molecular weight excluding hydrogens is 477 g/mol. The van der Waals surface area contributed by atoms with Gasteiger partial charge in [0.05, 0.1) is 6.07 Å². The normalized spacial score (nSPS) is 27.0. The third-order valence-electron chi connectivity index (χ3n) is 7.31. The SMILES string of the molecule is CC(C)(C)C(NC(=O)C(F)(F)F)C(=O)NC(CC1CC1)C(=O)NC(C#N)C1CNCC2CCCNC21. The molecule has 0 aromatic carbocycles. The molecule has 6 atom stereocenters. The van der Waals surface area contributed by atoms with Crippen LogP contribution in [0.3, 0.4) is 0 Å². The van der Waals surface area contributed by atoms with Crippen molar-refractivity contribution in [1.29, 1.82) is 5.26 Å². The zero-order valence-electron chi connectivity index (χ0n) is 21.0. The summed E-state index contributed by atoms with van der Waals surface area (Å²) in [5, 5.41) is 23.8. The molecule has 2 heterocycles. The smallest absolute Gasteiger partial charge is 0.342 e. The maximum absolute atomic E-state index is 13.3. The van der Waals surface area contributed by atoms with E-state index in [0.717, 1.165) is 38.8 Å². The van der Waals surface area contributed by atoms with Crippen LogP contribution >= 0.6 is 0 Å². The number of fused-ring (bicyclic) bond motifs is 1. The summed E-state index contributed by atoms with van der Waals surface area (Å²) in [4.78, 5) is 37.9. The number of rotatable bonds is 8. The van der Waals surface area contributed by atoms with Crippen molar-refractivity contribution in [2.45, 2.75) is 83.2 Å². The summed E-state index contributed by atoms with van der Waals surface area (Å²) >= 11 is 0. The van der Waals surface area contributed by atoms with Crippen LogP contribution < -0.4 is 26.6 Å². The van der Waals surface area contributed by atoms with E-state index in [0.29, 0.717) is 18.9 Å². The summed E-state index contributed by atoms with van der Waals surface area (Å²) < 4.78 is 38.6. The molecule has 2 aliphatic heterocycles. The molecule has 202 valence electrons. The molecule has 2 saturated heterocycles. The van der Waals surface area contributed by atoms with Gasteiger partial charge in [0.2, 0.25) is 11.8 Å². The van der Waals surface area contributed by atoms with E-state index in [-0.39, 0.29) is 17.9 Å². The number of nitrogens with one attached hydrogen (secondary N) is 5. The van der Waals surface area contributed by atoms with Crippen molar-refractivity contribution in [2.75, 3.05) is 19.6 Å². The molecule has 0 aromatic rings. The topological polar surface area (TPSA) is 135 Å². The Bertz CT molecular complexity index is 863. The van der Waals surface area contributed by atoms with E-state index in [4.69, 9.17) is 0 Å². The van der Waals surface area contributed by atoms with Crippen LogP contribution in [0.25, 0.3) is 0 Å². The van der Waals surface area contributed by atoms with Crippen molar-refractivity contribution >= 4 is 17.7 Å². The number of nitrogens with zero attached hydrogens (tertiary/aromatic N) is 1. The minimum Gasteiger partial charge on any atom is -0.342 e. The molecule has 0 bridgehead atoms. The first kappa shape index (κ1) is 28.2. The van der Waals surface area contributed by atoms with Gasteiger partial charge in [-0.25, -0.2) is 0 Å². The van der Waals surface area contributed by atoms with Crippen LogP contribution in [0.2, 0.25) is 0 Å². The zero-order chi connectivity index (χ0) is 26.7. The van der Waals surface area contributed by atoms with Crippen LogP contribution in [0.15, 0.2) is 0 Å². The van der Waals surface area contributed by atoms with Crippen LogP contribution in [0.5, 0.6) is 0 Å². The molecule has 0 spiro atoms. The molecule has 36 heavy (non-hydrogen) atoms. The first-order valence-electron chi connectivity index (χ1n) is 12.6. The Kier molecular flexibility index (Phi) is 8.88. The van der Waals surface area contributed by atoms with Crippen LogP contribution in [-0.4, -0.2) is 67.7 Å². The van der Waals surface area contributed by atoms with Crippen molar-refractivity contribution in [2.24, 2.45) is 23.2 Å². The maximum Gasteiger partial charge on any atom is 0.471 e. The molecule has 6 unspecified atom stereocenters. The van der Waals surface area contributed by atoms with Gasteiger partial charge in [-0.3, -0.25) is 14.4 Å². The Morgan fingerprint density at radius 1 is 1.03 bits per heavy atom. The predicted octanol–water partition coefficient (Wildman–Crippen LogP) is 0.960. The highest BCUT2D eigenvalue weighted by molar-refractivity contribution is 5.93. The number of nitriles is 1. The lowest BCUT2D eigenvalue weighted by Gasteiger charge is -2.44. The van der Waals surface area contributed by atoms with Gasteiger partial charge in [0.25, 0.3) is 0 Å². The second kappa shape index (κ2) is 11.3. The van der Waals surface area contributed by atoms with E-state index in [9.17, 15) is 32.8 Å². The van der Waals surface area contributed by atoms with E-state index in [1.165, 1.54) is 20.8 Å². The minimum absolute atomic E-state index is 0.0873. The Balaban J connectivity index is 1.71. The molecule has 1 aliphatic carbocycles. The van der Waals surface area contributed by atoms with Gasteiger partial charge < -0.3 is 26.6 Å². The number of piperidine rings is 2. The fourth-order valence-electron chi connectivity index (χ4n) is 5.15. The summed E-state index contributed by atoms with van der Waals surface area (Å²) in [6.07, 6.45) is -0.981. The Labute approximate surface area is 209 Å². The summed E-state index contributed by atoms with van der Waals surface area (Å²) in [6.45, 7) is 6.83. The second-order valence-corrected chi connectivity index (χ2v) is 11.3. The van der Waals surface area contributed by atoms with Crippen molar-refractivity contribution in [3.05, 3.63) is 0 Å². The Morgan fingerprint density at radius 2 is 1.72 bits per heavy atom. The number of halogens is 3. The van der Waals surface area contributed by atoms with E-state index in [1.807, 2.05) is 0 Å². The fraction of sp³-hybridized carbons (Fsp3) is 0.833. The number of hydrogen-bond donors (Lipinski definition) is 5. The molecule has 9 nitrogen and oxygen atoms in total. The van der Waals surface area contributed by atoms with Gasteiger partial charge in [0.15, 0.2) is 0 Å². The number of hydrogen-bond acceptors (Lipinski definition) is 6. The zero-order valence-corrected chi connectivity index (χ0v) is 21.0. The van der Waals surface area contributed by atoms with E-state index in [2.05, 4.69) is 27.3 Å². The van der Waals surface area contributed by atoms with Gasteiger partial charge in [0, 0.05) is 18.5 Å². The van der Waals surface area contributed by atoms with Gasteiger partial charge in [-0.2, -0.15) is 18.4 Å². The van der Waals surface area contributed by atoms with Crippen molar-refractivity contribution in [3.8, 4) is 6.07 Å². The molecule has 3 fully saturated rings. The highest BCUT2D eigenvalue weighted by Gasteiger charge is 2.45. The second-order valence-electron chi connectivity index (χ2n) is 11.3. The number of carbonyl (C=O) groups excluding carboxylic acids is 3. The van der Waals surface area contributed by atoms with E-state index in [1.54, 1.807) is 5.32 Å². The van der Waals surface area contributed by atoms with Crippen LogP contribution in [0.1, 0.15) is 52.9 Å². The number of amides is 3. The first-order valence-corrected chi connectivity index (χ1v) is 12.6. The van der Waals surface area contributed by atoms with E-state index < -0.39 is 47.4 Å². The lowest BCUT2D eigenvalue weighted by Crippen LogP contribution is -2.63. The van der Waals surface area contributed by atoms with Crippen molar-refractivity contribution < 1.29 is 27.6 Å². The van der Waals surface area contributed by atoms with Crippen molar-refractivity contribution in [3.63, 3.8) is 0 Å². The average Bonchev–Trinajstić information content (AvgIpc) is 3.62. The van der Waals surface area contributed by atoms with Crippen LogP contribution in [0, 0.1) is 34.5 Å². The Hall–Kier alpha value is -2.39. The molecule has 3 amide bonds. The predicted molar refractivity (Wildman–Crippen MR) is 125 cm³/mol. The molecule has 1 saturated carbocycles. The fourth-order valence-corrected chi connectivity index (χ4v) is 5.15. The third-order valence-corrected chi connectivity index (χ3v) is 7.31. The first-order chi connectivity index (χ1) is 16.8. The van der Waals surface area contributed by atoms with Crippen molar-refractivity contribution in [1.82, 2.24) is 26.6 Å². The van der Waals surface area contributed by atoms with Gasteiger partial charge >= 0.3 is 12.1 Å². The molecule has 0 aromatic heterocycles. The summed E-state index contributed by atoms with van der Waals surface area (Å²) in [5.41, 5.74) is -1.05. The third kappa shape index (κ3) is 7.32. The largest absolute Gasteiger partial charge is 0.471 e. The number of alkyl halides is 3. The minimum atomic E-state index is -5.15. The van der Waals surface area contributed by atoms with Crippen LogP contribution in [0.4, 0.5) is 13.2 Å². The molecule has 5 N–H and O–H groups in total. The summed E-state index contributed by atoms with van der Waals surface area (Å²) in [5.74, 6) is -3.23. The monoisotopic (exact) mass is 514 g/mol. The molecule has 3 rings (SSSR count). The lowest BCUT2D eigenvalue weighted by molar-refractivity contribution is -0.175.